The van der Waals surface area contributed by atoms with Crippen molar-refractivity contribution < 1.29 is 4.39 Å². The first-order chi connectivity index (χ1) is 8.69. The van der Waals surface area contributed by atoms with Gasteiger partial charge in [0.05, 0.1) is 5.69 Å². The molecule has 0 saturated carbocycles. The summed E-state index contributed by atoms with van der Waals surface area (Å²) in [5, 5.41) is 11.1. The Bertz CT molecular complexity index is 509. The largest absolute Gasteiger partial charge is 0.316 e. The van der Waals surface area contributed by atoms with Gasteiger partial charge in [0.1, 0.15) is 5.82 Å². The van der Waals surface area contributed by atoms with Gasteiger partial charge in [0.2, 0.25) is 0 Å². The Morgan fingerprint density at radius 1 is 1.33 bits per heavy atom. The molecule has 0 saturated heterocycles. The Morgan fingerprint density at radius 2 is 2.11 bits per heavy atom. The van der Waals surface area contributed by atoms with Gasteiger partial charge in [-0.25, -0.2) is 4.39 Å². The van der Waals surface area contributed by atoms with Crippen molar-refractivity contribution >= 4 is 0 Å². The van der Waals surface area contributed by atoms with Crippen LogP contribution in [-0.4, -0.2) is 28.1 Å². The molecule has 2 rings (SSSR count). The smallest absolute Gasteiger partial charge is 0.126 e. The number of nitrogens with zero attached hydrogens (tertiary/aromatic N) is 3. The van der Waals surface area contributed by atoms with E-state index in [1.165, 1.54) is 6.07 Å². The van der Waals surface area contributed by atoms with E-state index in [9.17, 15) is 4.39 Å². The second-order valence-corrected chi connectivity index (χ2v) is 4.37. The van der Waals surface area contributed by atoms with Gasteiger partial charge in [0.15, 0.2) is 0 Å². The topological polar surface area (TPSA) is 42.7 Å². The summed E-state index contributed by atoms with van der Waals surface area (Å²) in [4.78, 5) is 0. The van der Waals surface area contributed by atoms with Crippen LogP contribution in [0.3, 0.4) is 0 Å². The highest BCUT2D eigenvalue weighted by molar-refractivity contribution is 5.18. The van der Waals surface area contributed by atoms with Crippen molar-refractivity contribution in [1.29, 1.82) is 0 Å². The normalized spacial score (nSPS) is 12.6. The molecule has 96 valence electrons. The number of aromatic nitrogens is 3. The minimum Gasteiger partial charge on any atom is -0.316 e. The van der Waals surface area contributed by atoms with Crippen molar-refractivity contribution in [2.24, 2.45) is 7.05 Å². The third kappa shape index (κ3) is 3.13. The number of halogens is 1. The van der Waals surface area contributed by atoms with Crippen molar-refractivity contribution in [2.75, 3.05) is 7.05 Å². The zero-order valence-electron chi connectivity index (χ0n) is 10.6. The third-order valence-electron chi connectivity index (χ3n) is 2.94. The molecule has 0 aliphatic rings. The van der Waals surface area contributed by atoms with Crippen LogP contribution in [0.1, 0.15) is 11.3 Å². The lowest BCUT2D eigenvalue weighted by atomic mass is 10.0. The molecular formula is C13H17FN4. The molecule has 0 radical (unpaired) electrons. The van der Waals surface area contributed by atoms with E-state index in [-0.39, 0.29) is 11.9 Å². The van der Waals surface area contributed by atoms with Crippen LogP contribution in [-0.2, 0) is 19.9 Å². The van der Waals surface area contributed by atoms with E-state index in [0.717, 1.165) is 17.7 Å². The fourth-order valence-corrected chi connectivity index (χ4v) is 1.95. The Hall–Kier alpha value is -1.75. The molecule has 1 aromatic heterocycles. The Balaban J connectivity index is 2.04. The van der Waals surface area contributed by atoms with E-state index >= 15 is 0 Å². The molecule has 0 aliphatic heterocycles. The highest BCUT2D eigenvalue weighted by atomic mass is 19.1. The predicted molar refractivity (Wildman–Crippen MR) is 67.7 cm³/mol. The van der Waals surface area contributed by atoms with Gasteiger partial charge in [-0.1, -0.05) is 23.4 Å². The standard InChI is InChI=1S/C13H17FN4/c1-15-11(8-12-9-18(2)17-16-12)7-10-5-3-4-6-13(10)14/h3-6,9,11,15H,7-8H2,1-2H3. The van der Waals surface area contributed by atoms with Crippen LogP contribution in [0.15, 0.2) is 30.5 Å². The molecule has 0 bridgehead atoms. The van der Waals surface area contributed by atoms with Gasteiger partial charge < -0.3 is 5.32 Å². The van der Waals surface area contributed by atoms with Crippen molar-refractivity contribution in [3.05, 3.63) is 47.5 Å². The molecule has 18 heavy (non-hydrogen) atoms. The van der Waals surface area contributed by atoms with E-state index in [1.54, 1.807) is 10.7 Å². The molecule has 1 atom stereocenters. The molecular weight excluding hydrogens is 231 g/mol. The van der Waals surface area contributed by atoms with E-state index in [0.29, 0.717) is 6.42 Å². The van der Waals surface area contributed by atoms with Gasteiger partial charge in [-0.2, -0.15) is 0 Å². The third-order valence-corrected chi connectivity index (χ3v) is 2.94. The molecule has 1 aromatic carbocycles. The summed E-state index contributed by atoms with van der Waals surface area (Å²) >= 11 is 0. The van der Waals surface area contributed by atoms with Crippen LogP contribution >= 0.6 is 0 Å². The molecule has 0 fully saturated rings. The Kier molecular flexibility index (Phi) is 4.04. The van der Waals surface area contributed by atoms with Gasteiger partial charge in [0, 0.05) is 25.7 Å². The first kappa shape index (κ1) is 12.7. The summed E-state index contributed by atoms with van der Waals surface area (Å²) in [6.45, 7) is 0. The Morgan fingerprint density at radius 3 is 2.72 bits per heavy atom. The summed E-state index contributed by atoms with van der Waals surface area (Å²) in [6.07, 6.45) is 3.25. The summed E-state index contributed by atoms with van der Waals surface area (Å²) in [5.41, 5.74) is 1.63. The summed E-state index contributed by atoms with van der Waals surface area (Å²) < 4.78 is 15.2. The van der Waals surface area contributed by atoms with E-state index in [1.807, 2.05) is 32.4 Å². The second kappa shape index (κ2) is 5.73. The fraction of sp³-hybridized carbons (Fsp3) is 0.385. The van der Waals surface area contributed by atoms with Crippen molar-refractivity contribution in [2.45, 2.75) is 18.9 Å². The number of rotatable bonds is 5. The Labute approximate surface area is 106 Å². The van der Waals surface area contributed by atoms with Crippen LogP contribution in [0.4, 0.5) is 4.39 Å². The molecule has 0 amide bonds. The van der Waals surface area contributed by atoms with E-state index < -0.39 is 0 Å². The van der Waals surface area contributed by atoms with Crippen molar-refractivity contribution in [3.63, 3.8) is 0 Å². The first-order valence-corrected chi connectivity index (χ1v) is 5.95. The summed E-state index contributed by atoms with van der Waals surface area (Å²) in [6, 6.07) is 7.02. The van der Waals surface area contributed by atoms with Crippen LogP contribution < -0.4 is 5.32 Å². The number of nitrogens with one attached hydrogen (secondary N) is 1. The number of benzene rings is 1. The number of hydrogen-bond acceptors (Lipinski definition) is 3. The SMILES string of the molecule is CNC(Cc1cn(C)nn1)Cc1ccccc1F. The highest BCUT2D eigenvalue weighted by Crippen LogP contribution is 2.11. The minimum atomic E-state index is -0.156. The summed E-state index contributed by atoms with van der Waals surface area (Å²) in [5.74, 6) is -0.156. The molecule has 1 unspecified atom stereocenters. The average molecular weight is 248 g/mol. The lowest BCUT2D eigenvalue weighted by Gasteiger charge is -2.15. The predicted octanol–water partition coefficient (Wildman–Crippen LogP) is 1.33. The van der Waals surface area contributed by atoms with Gasteiger partial charge in [-0.3, -0.25) is 4.68 Å². The molecule has 0 spiro atoms. The highest BCUT2D eigenvalue weighted by Gasteiger charge is 2.12. The maximum Gasteiger partial charge on any atom is 0.126 e. The second-order valence-electron chi connectivity index (χ2n) is 4.37. The average Bonchev–Trinajstić information content (AvgIpc) is 2.76. The molecule has 1 heterocycles. The van der Waals surface area contributed by atoms with Crippen molar-refractivity contribution in [3.8, 4) is 0 Å². The number of aryl methyl sites for hydroxylation is 1. The molecule has 4 nitrogen and oxygen atoms in total. The zero-order chi connectivity index (χ0) is 13.0. The van der Waals surface area contributed by atoms with Gasteiger partial charge >= 0.3 is 0 Å². The van der Waals surface area contributed by atoms with Gasteiger partial charge in [-0.15, -0.1) is 5.10 Å². The summed E-state index contributed by atoms with van der Waals surface area (Å²) in [7, 11) is 3.71. The maximum atomic E-state index is 13.6. The first-order valence-electron chi connectivity index (χ1n) is 5.95. The lowest BCUT2D eigenvalue weighted by Crippen LogP contribution is -2.30. The quantitative estimate of drug-likeness (QED) is 0.868. The molecule has 0 aliphatic carbocycles. The van der Waals surface area contributed by atoms with Crippen LogP contribution in [0, 0.1) is 5.82 Å². The van der Waals surface area contributed by atoms with Crippen LogP contribution in [0.2, 0.25) is 0 Å². The van der Waals surface area contributed by atoms with Crippen molar-refractivity contribution in [1.82, 2.24) is 20.3 Å². The lowest BCUT2D eigenvalue weighted by molar-refractivity contribution is 0.527. The fourth-order valence-electron chi connectivity index (χ4n) is 1.95. The van der Waals surface area contributed by atoms with Gasteiger partial charge in [0.25, 0.3) is 0 Å². The van der Waals surface area contributed by atoms with Crippen LogP contribution in [0.25, 0.3) is 0 Å². The zero-order valence-corrected chi connectivity index (χ0v) is 10.6. The van der Waals surface area contributed by atoms with Crippen LogP contribution in [0.5, 0.6) is 0 Å². The number of hydrogen-bond donors (Lipinski definition) is 1. The maximum absolute atomic E-state index is 13.6. The minimum absolute atomic E-state index is 0.151. The molecule has 1 N–H and O–H groups in total. The molecule has 5 heteroatoms. The van der Waals surface area contributed by atoms with Gasteiger partial charge in [-0.05, 0) is 25.1 Å². The molecule has 2 aromatic rings. The monoisotopic (exact) mass is 248 g/mol. The van der Waals surface area contributed by atoms with E-state index in [4.69, 9.17) is 0 Å². The van der Waals surface area contributed by atoms with E-state index in [2.05, 4.69) is 15.6 Å². The number of likely N-dealkylation sites (N-methyl/N-ethyl adjacent to an activating group) is 1.